The van der Waals surface area contributed by atoms with Crippen molar-refractivity contribution in [2.45, 2.75) is 51.3 Å². The lowest BCUT2D eigenvalue weighted by Gasteiger charge is -2.26. The zero-order valence-corrected chi connectivity index (χ0v) is 11.4. The molecular weight excluding hydrogens is 220 g/mol. The molecule has 0 radical (unpaired) electrons. The van der Waals surface area contributed by atoms with E-state index in [2.05, 4.69) is 26.1 Å². The third-order valence-corrected chi connectivity index (χ3v) is 4.47. The Balaban J connectivity index is 2.20. The largest absolute Gasteiger partial charge is 0.355 e. The van der Waals surface area contributed by atoms with Crippen molar-refractivity contribution >= 4 is 17.7 Å². The van der Waals surface area contributed by atoms with Gasteiger partial charge < -0.3 is 11.1 Å². The van der Waals surface area contributed by atoms with Crippen LogP contribution in [0.25, 0.3) is 0 Å². The van der Waals surface area contributed by atoms with Gasteiger partial charge in [0.15, 0.2) is 0 Å². The fourth-order valence-electron chi connectivity index (χ4n) is 1.61. The van der Waals surface area contributed by atoms with Gasteiger partial charge in [0.1, 0.15) is 0 Å². The molecule has 0 aromatic heterocycles. The van der Waals surface area contributed by atoms with Gasteiger partial charge in [0.2, 0.25) is 5.91 Å². The van der Waals surface area contributed by atoms with E-state index >= 15 is 0 Å². The monoisotopic (exact) mass is 244 g/mol. The van der Waals surface area contributed by atoms with Crippen LogP contribution < -0.4 is 11.1 Å². The Hall–Kier alpha value is -0.220. The molecule has 0 bridgehead atoms. The summed E-state index contributed by atoms with van der Waals surface area (Å²) in [4.78, 5) is 11.7. The van der Waals surface area contributed by atoms with E-state index in [4.69, 9.17) is 5.73 Å². The van der Waals surface area contributed by atoms with Crippen LogP contribution in [0, 0.1) is 5.41 Å². The van der Waals surface area contributed by atoms with Gasteiger partial charge in [-0.15, -0.1) is 0 Å². The van der Waals surface area contributed by atoms with Gasteiger partial charge in [0, 0.05) is 24.3 Å². The van der Waals surface area contributed by atoms with Crippen LogP contribution in [-0.2, 0) is 4.79 Å². The van der Waals surface area contributed by atoms with E-state index < -0.39 is 0 Å². The van der Waals surface area contributed by atoms with Gasteiger partial charge in [-0.1, -0.05) is 20.8 Å². The van der Waals surface area contributed by atoms with Crippen molar-refractivity contribution < 1.29 is 4.79 Å². The Morgan fingerprint density at radius 1 is 1.56 bits per heavy atom. The lowest BCUT2D eigenvalue weighted by molar-refractivity contribution is -0.121. The molecular formula is C12H24N2OS. The van der Waals surface area contributed by atoms with E-state index in [1.807, 2.05) is 11.8 Å². The van der Waals surface area contributed by atoms with Gasteiger partial charge in [-0.3, -0.25) is 4.79 Å². The van der Waals surface area contributed by atoms with Gasteiger partial charge in [0.05, 0.1) is 0 Å². The highest BCUT2D eigenvalue weighted by Gasteiger charge is 2.23. The lowest BCUT2D eigenvalue weighted by Crippen LogP contribution is -2.41. The molecule has 1 fully saturated rings. The maximum atomic E-state index is 11.7. The second kappa shape index (κ2) is 5.92. The summed E-state index contributed by atoms with van der Waals surface area (Å²) in [6.45, 7) is 7.01. The summed E-state index contributed by atoms with van der Waals surface area (Å²) in [6.07, 6.45) is 2.95. The molecule has 94 valence electrons. The summed E-state index contributed by atoms with van der Waals surface area (Å²) in [6, 6.07) is -0.0660. The first-order valence-corrected chi connectivity index (χ1v) is 7.08. The zero-order valence-electron chi connectivity index (χ0n) is 10.6. The molecule has 4 heteroatoms. The smallest absolute Gasteiger partial charge is 0.221 e. The van der Waals surface area contributed by atoms with E-state index in [9.17, 15) is 4.79 Å². The molecule has 2 atom stereocenters. The van der Waals surface area contributed by atoms with Gasteiger partial charge in [-0.25, -0.2) is 0 Å². The average Bonchev–Trinajstić information content (AvgIpc) is 2.65. The highest BCUT2D eigenvalue weighted by Crippen LogP contribution is 2.25. The van der Waals surface area contributed by atoms with Crippen molar-refractivity contribution in [3.8, 4) is 0 Å². The maximum Gasteiger partial charge on any atom is 0.221 e. The van der Waals surface area contributed by atoms with Crippen LogP contribution in [0.2, 0.25) is 0 Å². The van der Waals surface area contributed by atoms with E-state index in [0.29, 0.717) is 11.7 Å². The predicted octanol–water partition coefficient (Wildman–Crippen LogP) is 1.76. The molecule has 1 aliphatic rings. The molecule has 1 amide bonds. The van der Waals surface area contributed by atoms with Crippen molar-refractivity contribution in [3.63, 3.8) is 0 Å². The second-order valence-electron chi connectivity index (χ2n) is 5.62. The fourth-order valence-corrected chi connectivity index (χ4v) is 2.81. The first kappa shape index (κ1) is 13.8. The molecule has 3 nitrogen and oxygen atoms in total. The fraction of sp³-hybridized carbons (Fsp3) is 0.917. The molecule has 16 heavy (non-hydrogen) atoms. The minimum Gasteiger partial charge on any atom is -0.355 e. The summed E-state index contributed by atoms with van der Waals surface area (Å²) >= 11 is 1.96. The van der Waals surface area contributed by atoms with Crippen molar-refractivity contribution in [1.29, 1.82) is 0 Å². The summed E-state index contributed by atoms with van der Waals surface area (Å²) in [5, 5.41) is 3.61. The van der Waals surface area contributed by atoms with Gasteiger partial charge in [0.25, 0.3) is 0 Å². The Labute approximate surface area is 103 Å². The Morgan fingerprint density at radius 2 is 2.25 bits per heavy atom. The number of thioether (sulfide) groups is 1. The second-order valence-corrected chi connectivity index (χ2v) is 7.02. The Morgan fingerprint density at radius 3 is 2.75 bits per heavy atom. The normalized spacial score (nSPS) is 23.1. The van der Waals surface area contributed by atoms with Crippen molar-refractivity contribution in [2.24, 2.45) is 11.1 Å². The molecule has 1 rings (SSSR count). The molecule has 1 heterocycles. The molecule has 0 saturated carbocycles. The standard InChI is InChI=1S/C12H24N2OS/c1-12(2,3)10(13)7-11(15)14-8-9-5-4-6-16-9/h9-10H,4-8,13H2,1-3H3,(H,14,15). The number of rotatable bonds is 4. The third kappa shape index (κ3) is 4.74. The van der Waals surface area contributed by atoms with Crippen molar-refractivity contribution in [1.82, 2.24) is 5.32 Å². The molecule has 0 aromatic rings. The van der Waals surface area contributed by atoms with Crippen LogP contribution in [0.5, 0.6) is 0 Å². The highest BCUT2D eigenvalue weighted by atomic mass is 32.2. The van der Waals surface area contributed by atoms with Crippen LogP contribution in [0.1, 0.15) is 40.0 Å². The number of hydrogen-bond acceptors (Lipinski definition) is 3. The van der Waals surface area contributed by atoms with Crippen LogP contribution in [0.15, 0.2) is 0 Å². The lowest BCUT2D eigenvalue weighted by atomic mass is 9.85. The number of carbonyl (C=O) groups is 1. The van der Waals surface area contributed by atoms with Crippen LogP contribution in [-0.4, -0.2) is 29.5 Å². The van der Waals surface area contributed by atoms with E-state index in [-0.39, 0.29) is 17.4 Å². The molecule has 0 aromatic carbocycles. The highest BCUT2D eigenvalue weighted by molar-refractivity contribution is 8.00. The number of nitrogens with one attached hydrogen (secondary N) is 1. The van der Waals surface area contributed by atoms with E-state index in [1.54, 1.807) is 0 Å². The summed E-state index contributed by atoms with van der Waals surface area (Å²) < 4.78 is 0. The number of hydrogen-bond donors (Lipinski definition) is 2. The number of amides is 1. The van der Waals surface area contributed by atoms with Crippen molar-refractivity contribution in [2.75, 3.05) is 12.3 Å². The third-order valence-electron chi connectivity index (χ3n) is 3.07. The molecule has 1 aliphatic heterocycles. The van der Waals surface area contributed by atoms with Crippen LogP contribution >= 0.6 is 11.8 Å². The van der Waals surface area contributed by atoms with Gasteiger partial charge in [-0.2, -0.15) is 11.8 Å². The molecule has 2 unspecified atom stereocenters. The van der Waals surface area contributed by atoms with E-state index in [1.165, 1.54) is 18.6 Å². The minimum absolute atomic E-state index is 0.000547. The molecule has 0 spiro atoms. The maximum absolute atomic E-state index is 11.7. The Bertz CT molecular complexity index is 232. The summed E-state index contributed by atoms with van der Waals surface area (Å²) in [5.74, 6) is 1.33. The first-order chi connectivity index (χ1) is 7.39. The summed E-state index contributed by atoms with van der Waals surface area (Å²) in [5.41, 5.74) is 5.97. The SMILES string of the molecule is CC(C)(C)C(N)CC(=O)NCC1CCCS1. The van der Waals surface area contributed by atoms with Crippen LogP contribution in [0.3, 0.4) is 0 Å². The summed E-state index contributed by atoms with van der Waals surface area (Å²) in [7, 11) is 0. The van der Waals surface area contributed by atoms with Gasteiger partial charge >= 0.3 is 0 Å². The molecule has 0 aliphatic carbocycles. The van der Waals surface area contributed by atoms with Gasteiger partial charge in [-0.05, 0) is 24.0 Å². The number of nitrogens with two attached hydrogens (primary N) is 1. The quantitative estimate of drug-likeness (QED) is 0.792. The predicted molar refractivity (Wildman–Crippen MR) is 70.5 cm³/mol. The minimum atomic E-state index is -0.0660. The topological polar surface area (TPSA) is 55.1 Å². The zero-order chi connectivity index (χ0) is 12.2. The number of carbonyl (C=O) groups excluding carboxylic acids is 1. The first-order valence-electron chi connectivity index (χ1n) is 6.03. The average molecular weight is 244 g/mol. The Kier molecular flexibility index (Phi) is 5.12. The van der Waals surface area contributed by atoms with Crippen LogP contribution in [0.4, 0.5) is 0 Å². The molecule has 3 N–H and O–H groups in total. The van der Waals surface area contributed by atoms with E-state index in [0.717, 1.165) is 6.54 Å². The molecule has 1 saturated heterocycles. The van der Waals surface area contributed by atoms with Crippen molar-refractivity contribution in [3.05, 3.63) is 0 Å².